The first kappa shape index (κ1) is 80.6. The smallest absolute Gasteiger partial charge is 0.330 e. The van der Waals surface area contributed by atoms with Crippen LogP contribution in [-0.2, 0) is 112 Å². The summed E-state index contributed by atoms with van der Waals surface area (Å²) in [6, 6.07) is 35.2. The minimum atomic E-state index is -1.67. The van der Waals surface area contributed by atoms with E-state index in [1.165, 1.54) is 58.3 Å². The molecule has 2 saturated heterocycles. The molecular weight excluding hydrogens is 1240 g/mol. The van der Waals surface area contributed by atoms with Gasteiger partial charge in [0.1, 0.15) is 17.8 Å². The molecule has 0 amide bonds. The number of carboxylic acid groups (broad SMARTS) is 1. The molecule has 2 aliphatic rings. The summed E-state index contributed by atoms with van der Waals surface area (Å²) in [6.07, 6.45) is 6.29. The lowest BCUT2D eigenvalue weighted by molar-refractivity contribution is -0.339. The highest BCUT2D eigenvalue weighted by Gasteiger charge is 2.60. The van der Waals surface area contributed by atoms with Crippen molar-refractivity contribution in [2.45, 2.75) is 181 Å². The second-order valence-electron chi connectivity index (χ2n) is 24.0. The third-order valence-corrected chi connectivity index (χ3v) is 16.5. The molecule has 4 aromatic carbocycles. The summed E-state index contributed by atoms with van der Waals surface area (Å²) in [5.74, 6) is -5.23. The minimum Gasteiger partial charge on any atom is -0.497 e. The van der Waals surface area contributed by atoms with Crippen molar-refractivity contribution < 1.29 is 100 Å². The highest BCUT2D eigenvalue weighted by molar-refractivity contribution is 5.84. The lowest BCUT2D eigenvalue weighted by atomic mass is 9.74. The molecule has 21 heteroatoms. The van der Waals surface area contributed by atoms with E-state index in [0.717, 1.165) is 34.3 Å². The van der Waals surface area contributed by atoms with Crippen molar-refractivity contribution >= 4 is 36.1 Å². The quantitative estimate of drug-likeness (QED) is 0.0201. The largest absolute Gasteiger partial charge is 0.497 e. The van der Waals surface area contributed by atoms with Gasteiger partial charge in [0.15, 0.2) is 12.2 Å². The van der Waals surface area contributed by atoms with Crippen LogP contribution < -0.4 is 9.47 Å². The molecule has 96 heavy (non-hydrogen) atoms. The van der Waals surface area contributed by atoms with Gasteiger partial charge in [-0.2, -0.15) is 0 Å². The number of esters is 4. The number of aldehydes is 1. The Kier molecular flexibility index (Phi) is 34.1. The van der Waals surface area contributed by atoms with Crippen molar-refractivity contribution in [2.24, 2.45) is 10.8 Å². The van der Waals surface area contributed by atoms with Gasteiger partial charge in [-0.3, -0.25) is 14.4 Å². The standard InChI is InChI=1S/C37H48O10.C30H42O10.C8H10O/c1-8-33(39)46-35-29(22-34(40)42-6)21-31(47-37(35,43-7)36(3,4)19-12-20-38)23-32(26(2)44-24-27-13-10-9-11-14-27)45-25-28-15-17-30(41-5)18-16-28;1-8-22(38-19-20-10-12-23(35-5)13-11-20)18-24-16-21(17-27(34)36-6)28(39-26(33)9-2)30(37-7,40-24)29(3,4)15-14-25(31)32;1-9-7-8-5-3-2-4-6-8/h9-20,22,26,31-32,35H,8,21,23-25H2,1-7H3;10-15,17,22,24,28H,8-9,16,18-19H2,1-7H3,(H,31,32);2-6H,7H2,1H3/b19-12+,29-22+;15-14+,21-17+;/t26-,31?,32-,35+,37-;22-,24?,28-,30+;/m10./s1. The maximum atomic E-state index is 12.7. The van der Waals surface area contributed by atoms with E-state index in [9.17, 15) is 33.9 Å². The van der Waals surface area contributed by atoms with E-state index in [1.54, 1.807) is 55.1 Å². The zero-order valence-electron chi connectivity index (χ0n) is 58.4. The van der Waals surface area contributed by atoms with Crippen LogP contribution in [0.1, 0.15) is 123 Å². The van der Waals surface area contributed by atoms with Crippen molar-refractivity contribution in [1.82, 2.24) is 0 Å². The fraction of sp³-hybridized carbons (Fsp3) is 0.493. The Morgan fingerprint density at radius 2 is 0.979 bits per heavy atom. The predicted molar refractivity (Wildman–Crippen MR) is 359 cm³/mol. The summed E-state index contributed by atoms with van der Waals surface area (Å²) in [4.78, 5) is 73.1. The van der Waals surface area contributed by atoms with Crippen LogP contribution in [-0.4, -0.2) is 145 Å². The Balaban J connectivity index is 0.000000363. The van der Waals surface area contributed by atoms with Crippen LogP contribution in [0, 0.1) is 10.8 Å². The normalized spacial score (nSPS) is 21.3. The summed E-state index contributed by atoms with van der Waals surface area (Å²) in [7, 11) is 10.3. The van der Waals surface area contributed by atoms with Gasteiger partial charge in [-0.25, -0.2) is 14.4 Å². The van der Waals surface area contributed by atoms with Crippen LogP contribution in [0.5, 0.6) is 11.5 Å². The molecule has 0 aliphatic carbocycles. The van der Waals surface area contributed by atoms with Gasteiger partial charge >= 0.3 is 29.8 Å². The van der Waals surface area contributed by atoms with E-state index < -0.39 is 82.8 Å². The van der Waals surface area contributed by atoms with Gasteiger partial charge in [0.2, 0.25) is 11.6 Å². The lowest BCUT2D eigenvalue weighted by Gasteiger charge is -2.53. The van der Waals surface area contributed by atoms with Gasteiger partial charge in [0.25, 0.3) is 0 Å². The first-order chi connectivity index (χ1) is 45.9. The molecule has 0 saturated carbocycles. The average Bonchev–Trinajstić information content (AvgIpc) is 0.746. The van der Waals surface area contributed by atoms with E-state index >= 15 is 0 Å². The molecule has 526 valence electrons. The van der Waals surface area contributed by atoms with E-state index in [0.29, 0.717) is 63.1 Å². The Morgan fingerprint density at radius 3 is 1.38 bits per heavy atom. The molecule has 2 fully saturated rings. The number of methoxy groups -OCH3 is 7. The van der Waals surface area contributed by atoms with Gasteiger partial charge < -0.3 is 71.4 Å². The first-order valence-corrected chi connectivity index (χ1v) is 32.0. The van der Waals surface area contributed by atoms with E-state index in [4.69, 9.17) is 66.3 Å². The summed E-state index contributed by atoms with van der Waals surface area (Å²) in [5.41, 5.74) is 2.91. The number of ether oxygens (including phenoxy) is 14. The first-order valence-electron chi connectivity index (χ1n) is 32.0. The molecule has 2 unspecified atom stereocenters. The fourth-order valence-corrected chi connectivity index (χ4v) is 11.0. The Morgan fingerprint density at radius 1 is 0.562 bits per heavy atom. The van der Waals surface area contributed by atoms with Crippen LogP contribution in [0.25, 0.3) is 0 Å². The molecular formula is C75H100O21. The highest BCUT2D eigenvalue weighted by atomic mass is 16.7. The van der Waals surface area contributed by atoms with Crippen LogP contribution in [0.2, 0.25) is 0 Å². The van der Waals surface area contributed by atoms with Crippen molar-refractivity contribution in [3.8, 4) is 11.5 Å². The second-order valence-corrected chi connectivity index (χ2v) is 24.0. The average molecular weight is 1340 g/mol. The van der Waals surface area contributed by atoms with Gasteiger partial charge in [-0.15, -0.1) is 0 Å². The van der Waals surface area contributed by atoms with Crippen molar-refractivity contribution in [1.29, 1.82) is 0 Å². The molecule has 21 nitrogen and oxygen atoms in total. The van der Waals surface area contributed by atoms with E-state index in [1.807, 2.05) is 137 Å². The van der Waals surface area contributed by atoms with Crippen LogP contribution in [0.3, 0.4) is 0 Å². The Bertz CT molecular complexity index is 3140. The molecule has 0 radical (unpaired) electrons. The second kappa shape index (κ2) is 40.6. The predicted octanol–water partition coefficient (Wildman–Crippen LogP) is 12.3. The molecule has 0 bridgehead atoms. The van der Waals surface area contributed by atoms with Crippen molar-refractivity contribution in [3.05, 3.63) is 179 Å². The fourth-order valence-electron chi connectivity index (χ4n) is 11.0. The monoisotopic (exact) mass is 1340 g/mol. The molecule has 6 rings (SSSR count). The number of rotatable bonds is 33. The summed E-state index contributed by atoms with van der Waals surface area (Å²) < 4.78 is 81.6. The van der Waals surface area contributed by atoms with Crippen molar-refractivity contribution in [3.63, 3.8) is 0 Å². The van der Waals surface area contributed by atoms with E-state index in [-0.39, 0.29) is 37.9 Å². The van der Waals surface area contributed by atoms with Gasteiger partial charge in [-0.05, 0) is 89.9 Å². The van der Waals surface area contributed by atoms with Crippen LogP contribution in [0.4, 0.5) is 0 Å². The third kappa shape index (κ3) is 24.0. The zero-order valence-corrected chi connectivity index (χ0v) is 58.4. The Labute approximate surface area is 566 Å². The van der Waals surface area contributed by atoms with Crippen LogP contribution in [0.15, 0.2) is 157 Å². The number of carboxylic acids is 1. The summed E-state index contributed by atoms with van der Waals surface area (Å²) in [6.45, 7) is 16.1. The third-order valence-electron chi connectivity index (χ3n) is 16.5. The highest BCUT2D eigenvalue weighted by Crippen LogP contribution is 2.50. The molecule has 9 atom stereocenters. The van der Waals surface area contributed by atoms with Crippen LogP contribution >= 0.6 is 0 Å². The number of hydrogen-bond donors (Lipinski definition) is 1. The minimum absolute atomic E-state index is 0.0771. The number of hydrogen-bond acceptors (Lipinski definition) is 20. The summed E-state index contributed by atoms with van der Waals surface area (Å²) >= 11 is 0. The number of benzene rings is 4. The zero-order chi connectivity index (χ0) is 70.9. The van der Waals surface area contributed by atoms with Gasteiger partial charge in [0, 0.05) is 76.1 Å². The molecule has 1 N–H and O–H groups in total. The molecule has 4 aromatic rings. The topological polar surface area (TPSA) is 252 Å². The van der Waals surface area contributed by atoms with Gasteiger partial charge in [0.05, 0.1) is 85.4 Å². The molecule has 0 aromatic heterocycles. The van der Waals surface area contributed by atoms with E-state index in [2.05, 4.69) is 0 Å². The lowest BCUT2D eigenvalue weighted by Crippen LogP contribution is -2.63. The van der Waals surface area contributed by atoms with Crippen molar-refractivity contribution in [2.75, 3.05) is 49.8 Å². The Hall–Kier alpha value is -7.86. The molecule has 0 spiro atoms. The molecule has 2 aliphatic heterocycles. The maximum absolute atomic E-state index is 12.7. The molecule has 2 heterocycles. The maximum Gasteiger partial charge on any atom is 0.330 e. The number of carbonyl (C=O) groups is 6. The summed E-state index contributed by atoms with van der Waals surface area (Å²) in [5, 5.41) is 9.32. The number of carbonyl (C=O) groups excluding carboxylic acids is 5. The number of allylic oxidation sites excluding steroid dienone is 1. The van der Waals surface area contributed by atoms with Gasteiger partial charge in [-0.1, -0.05) is 146 Å². The SMILES string of the molecule is CCC(=O)O[C@H]1/C(=C/C(=O)OC)CC(C[C@@H](OCc2ccc(OC)cc2)[C@@H](C)OCc2ccccc2)O[C@@]1(OC)C(C)(C)/C=C/C=O.CCC(=O)O[C@H]1/C(=C/C(=O)OC)CC(C[C@H](CC)OCc2ccc(OC)cc2)O[C@@]1(OC)C(C)(C)/C=C/C(=O)O.COCc1ccccc1. The number of aliphatic carboxylic acids is 1.